The lowest BCUT2D eigenvalue weighted by Crippen LogP contribution is -2.42. The summed E-state index contributed by atoms with van der Waals surface area (Å²) < 4.78 is 26.7. The van der Waals surface area contributed by atoms with Crippen molar-refractivity contribution >= 4 is 5.91 Å². The molecule has 1 saturated carbocycles. The normalized spacial score (nSPS) is 16.4. The zero-order valence-electron chi connectivity index (χ0n) is 10.2. The zero-order chi connectivity index (χ0) is 13.1. The molecule has 18 heavy (non-hydrogen) atoms. The van der Waals surface area contributed by atoms with Crippen LogP contribution in [0.5, 0.6) is 0 Å². The van der Waals surface area contributed by atoms with E-state index in [1.54, 1.807) is 6.92 Å². The van der Waals surface area contributed by atoms with Crippen LogP contribution >= 0.6 is 0 Å². The van der Waals surface area contributed by atoms with Gasteiger partial charge in [-0.2, -0.15) is 0 Å². The minimum absolute atomic E-state index is 0.00222. The SMILES string of the molecule is CC(NCc1c(F)cccc1F)C(=O)NC1CC1. The van der Waals surface area contributed by atoms with Crippen molar-refractivity contribution in [2.45, 2.75) is 38.4 Å². The van der Waals surface area contributed by atoms with E-state index in [0.29, 0.717) is 0 Å². The third-order valence-electron chi connectivity index (χ3n) is 2.96. The topological polar surface area (TPSA) is 41.1 Å². The summed E-state index contributed by atoms with van der Waals surface area (Å²) in [6, 6.07) is 3.54. The minimum Gasteiger partial charge on any atom is -0.352 e. The fourth-order valence-corrected chi connectivity index (χ4v) is 1.60. The summed E-state index contributed by atoms with van der Waals surface area (Å²) in [6.45, 7) is 1.67. The minimum atomic E-state index is -0.600. The van der Waals surface area contributed by atoms with Crippen molar-refractivity contribution in [1.82, 2.24) is 10.6 Å². The second-order valence-corrected chi connectivity index (χ2v) is 4.59. The molecule has 2 N–H and O–H groups in total. The Morgan fingerprint density at radius 1 is 1.39 bits per heavy atom. The van der Waals surface area contributed by atoms with E-state index in [1.165, 1.54) is 18.2 Å². The van der Waals surface area contributed by atoms with E-state index < -0.39 is 17.7 Å². The number of amides is 1. The average molecular weight is 254 g/mol. The van der Waals surface area contributed by atoms with E-state index in [4.69, 9.17) is 0 Å². The molecule has 0 heterocycles. The van der Waals surface area contributed by atoms with Crippen molar-refractivity contribution < 1.29 is 13.6 Å². The monoisotopic (exact) mass is 254 g/mol. The lowest BCUT2D eigenvalue weighted by Gasteiger charge is -2.14. The third-order valence-corrected chi connectivity index (χ3v) is 2.96. The van der Waals surface area contributed by atoms with Crippen LogP contribution in [0.2, 0.25) is 0 Å². The number of carbonyl (C=O) groups excluding carboxylic acids is 1. The van der Waals surface area contributed by atoms with Gasteiger partial charge in [0.2, 0.25) is 5.91 Å². The molecule has 1 unspecified atom stereocenters. The molecule has 1 aromatic carbocycles. The Labute approximate surface area is 105 Å². The highest BCUT2D eigenvalue weighted by molar-refractivity contribution is 5.81. The second kappa shape index (κ2) is 5.44. The summed E-state index contributed by atoms with van der Waals surface area (Å²) >= 11 is 0. The number of carbonyl (C=O) groups is 1. The number of halogens is 2. The highest BCUT2D eigenvalue weighted by Gasteiger charge is 2.25. The van der Waals surface area contributed by atoms with Crippen LogP contribution in [0.25, 0.3) is 0 Å². The van der Waals surface area contributed by atoms with Gasteiger partial charge < -0.3 is 10.6 Å². The van der Waals surface area contributed by atoms with Crippen LogP contribution in [0.4, 0.5) is 8.78 Å². The fraction of sp³-hybridized carbons (Fsp3) is 0.462. The lowest BCUT2D eigenvalue weighted by atomic mass is 10.2. The van der Waals surface area contributed by atoms with Gasteiger partial charge in [-0.3, -0.25) is 4.79 Å². The van der Waals surface area contributed by atoms with Crippen LogP contribution in [0, 0.1) is 11.6 Å². The van der Waals surface area contributed by atoms with Crippen LogP contribution in [-0.4, -0.2) is 18.0 Å². The third kappa shape index (κ3) is 3.26. The highest BCUT2D eigenvalue weighted by atomic mass is 19.1. The number of hydrogen-bond donors (Lipinski definition) is 2. The van der Waals surface area contributed by atoms with Crippen LogP contribution < -0.4 is 10.6 Å². The smallest absolute Gasteiger partial charge is 0.237 e. The molecule has 1 amide bonds. The van der Waals surface area contributed by atoms with E-state index in [-0.39, 0.29) is 24.1 Å². The maximum atomic E-state index is 13.3. The number of hydrogen-bond acceptors (Lipinski definition) is 2. The van der Waals surface area contributed by atoms with Gasteiger partial charge in [0.25, 0.3) is 0 Å². The molecule has 1 aromatic rings. The fourth-order valence-electron chi connectivity index (χ4n) is 1.60. The Morgan fingerprint density at radius 3 is 2.56 bits per heavy atom. The predicted molar refractivity (Wildman–Crippen MR) is 63.8 cm³/mol. The van der Waals surface area contributed by atoms with Crippen molar-refractivity contribution in [2.75, 3.05) is 0 Å². The summed E-state index contributed by atoms with van der Waals surface area (Å²) in [5.74, 6) is -1.33. The molecular formula is C13H16F2N2O. The molecule has 0 bridgehead atoms. The van der Waals surface area contributed by atoms with Crippen molar-refractivity contribution in [3.63, 3.8) is 0 Å². The number of rotatable bonds is 5. The number of benzene rings is 1. The number of nitrogens with one attached hydrogen (secondary N) is 2. The van der Waals surface area contributed by atoms with Crippen LogP contribution in [-0.2, 0) is 11.3 Å². The Morgan fingerprint density at radius 2 is 2.00 bits per heavy atom. The first-order valence-electron chi connectivity index (χ1n) is 6.04. The Hall–Kier alpha value is -1.49. The van der Waals surface area contributed by atoms with Gasteiger partial charge in [0, 0.05) is 18.2 Å². The van der Waals surface area contributed by atoms with E-state index >= 15 is 0 Å². The highest BCUT2D eigenvalue weighted by Crippen LogP contribution is 2.18. The van der Waals surface area contributed by atoms with E-state index in [0.717, 1.165) is 12.8 Å². The molecule has 0 aliphatic heterocycles. The van der Waals surface area contributed by atoms with Gasteiger partial charge in [0.05, 0.1) is 6.04 Å². The first-order valence-corrected chi connectivity index (χ1v) is 6.04. The van der Waals surface area contributed by atoms with E-state index in [2.05, 4.69) is 10.6 Å². The summed E-state index contributed by atoms with van der Waals surface area (Å²) in [6.07, 6.45) is 2.03. The van der Waals surface area contributed by atoms with Crippen molar-refractivity contribution in [3.05, 3.63) is 35.4 Å². The van der Waals surface area contributed by atoms with Gasteiger partial charge in [-0.25, -0.2) is 8.78 Å². The molecule has 1 aliphatic rings. The maximum Gasteiger partial charge on any atom is 0.237 e. The molecule has 0 aromatic heterocycles. The van der Waals surface area contributed by atoms with Crippen LogP contribution in [0.1, 0.15) is 25.3 Å². The molecular weight excluding hydrogens is 238 g/mol. The van der Waals surface area contributed by atoms with Crippen molar-refractivity contribution in [1.29, 1.82) is 0 Å². The lowest BCUT2D eigenvalue weighted by molar-refractivity contribution is -0.122. The van der Waals surface area contributed by atoms with Crippen LogP contribution in [0.3, 0.4) is 0 Å². The Balaban J connectivity index is 1.88. The molecule has 0 saturated heterocycles. The predicted octanol–water partition coefficient (Wildman–Crippen LogP) is 1.72. The van der Waals surface area contributed by atoms with Crippen molar-refractivity contribution in [2.24, 2.45) is 0 Å². The van der Waals surface area contributed by atoms with Crippen molar-refractivity contribution in [3.8, 4) is 0 Å². The summed E-state index contributed by atoms with van der Waals surface area (Å²) in [5, 5.41) is 5.65. The zero-order valence-corrected chi connectivity index (χ0v) is 10.2. The molecule has 0 radical (unpaired) electrons. The molecule has 2 rings (SSSR count). The van der Waals surface area contributed by atoms with Gasteiger partial charge >= 0.3 is 0 Å². The molecule has 1 atom stereocenters. The van der Waals surface area contributed by atoms with Crippen LogP contribution in [0.15, 0.2) is 18.2 Å². The van der Waals surface area contributed by atoms with Gasteiger partial charge in [0.15, 0.2) is 0 Å². The molecule has 98 valence electrons. The standard InChI is InChI=1S/C13H16F2N2O/c1-8(13(18)17-9-5-6-9)16-7-10-11(14)3-2-4-12(10)15/h2-4,8-9,16H,5-7H2,1H3,(H,17,18). The molecule has 1 fully saturated rings. The largest absolute Gasteiger partial charge is 0.352 e. The van der Waals surface area contributed by atoms with Gasteiger partial charge in [-0.05, 0) is 31.9 Å². The Bertz CT molecular complexity index is 426. The second-order valence-electron chi connectivity index (χ2n) is 4.59. The maximum absolute atomic E-state index is 13.3. The quantitative estimate of drug-likeness (QED) is 0.840. The summed E-state index contributed by atoms with van der Waals surface area (Å²) in [5.41, 5.74) is -0.0384. The summed E-state index contributed by atoms with van der Waals surface area (Å²) in [4.78, 5) is 11.6. The van der Waals surface area contributed by atoms with Gasteiger partial charge in [0.1, 0.15) is 11.6 Å². The molecule has 1 aliphatic carbocycles. The first kappa shape index (κ1) is 13.0. The summed E-state index contributed by atoms with van der Waals surface area (Å²) in [7, 11) is 0. The molecule has 5 heteroatoms. The first-order chi connectivity index (χ1) is 8.58. The Kier molecular flexibility index (Phi) is 3.91. The average Bonchev–Trinajstić information content (AvgIpc) is 3.12. The van der Waals surface area contributed by atoms with E-state index in [9.17, 15) is 13.6 Å². The molecule has 0 spiro atoms. The van der Waals surface area contributed by atoms with E-state index in [1.807, 2.05) is 0 Å². The van der Waals surface area contributed by atoms with Gasteiger partial charge in [-0.15, -0.1) is 0 Å². The molecule has 3 nitrogen and oxygen atoms in total. The van der Waals surface area contributed by atoms with Gasteiger partial charge in [-0.1, -0.05) is 6.07 Å².